The van der Waals surface area contributed by atoms with Crippen LogP contribution >= 0.6 is 11.3 Å². The average molecular weight is 430 g/mol. The van der Waals surface area contributed by atoms with E-state index in [0.717, 1.165) is 54.9 Å². The first-order chi connectivity index (χ1) is 13.4. The van der Waals surface area contributed by atoms with E-state index in [2.05, 4.69) is 10.00 Å². The second-order valence-corrected chi connectivity index (χ2v) is 10.3. The molecule has 2 aromatic rings. The number of nitrogens with zero attached hydrogens (tertiary/aromatic N) is 3. The Balaban J connectivity index is 1.38. The summed E-state index contributed by atoms with van der Waals surface area (Å²) in [6, 6.07) is 1.68. The van der Waals surface area contributed by atoms with Gasteiger partial charge in [-0.3, -0.25) is 13.8 Å². The van der Waals surface area contributed by atoms with Crippen molar-refractivity contribution in [2.24, 2.45) is 0 Å². The number of hydrogen-bond acceptors (Lipinski definition) is 5. The van der Waals surface area contributed by atoms with Crippen LogP contribution in [0.1, 0.15) is 40.1 Å². The van der Waals surface area contributed by atoms with Gasteiger partial charge in [0.15, 0.2) is 0 Å². The molecule has 5 nitrogen and oxygen atoms in total. The molecule has 4 rings (SSSR count). The van der Waals surface area contributed by atoms with Crippen LogP contribution in [0.5, 0.6) is 0 Å². The summed E-state index contributed by atoms with van der Waals surface area (Å²) in [7, 11) is -0.820. The van der Waals surface area contributed by atoms with E-state index < -0.39 is 22.8 Å². The fourth-order valence-corrected chi connectivity index (χ4v) is 5.66. The molecule has 2 aromatic heterocycles. The summed E-state index contributed by atoms with van der Waals surface area (Å²) in [5.41, 5.74) is 1.74. The van der Waals surface area contributed by atoms with Gasteiger partial charge < -0.3 is 4.74 Å². The van der Waals surface area contributed by atoms with Gasteiger partial charge in [0, 0.05) is 65.5 Å². The second kappa shape index (κ2) is 8.30. The lowest BCUT2D eigenvalue weighted by Crippen LogP contribution is -2.45. The standard InChI is InChI=1S/C19H25F2N3O2S2/c1-28(25)9-7-24-13-14(11-22-24)12-23-5-3-19(4-6-23)15-10-17(18(20)21)27-16(15)2-8-26-19/h10-11,13,18H,2-9,12H2,1H3. The highest BCUT2D eigenvalue weighted by Gasteiger charge is 2.42. The molecule has 2 aliphatic heterocycles. The van der Waals surface area contributed by atoms with Crippen molar-refractivity contribution in [2.75, 3.05) is 31.7 Å². The zero-order valence-electron chi connectivity index (χ0n) is 15.9. The number of thiophene rings is 1. The Hall–Kier alpha value is -1.16. The maximum absolute atomic E-state index is 13.2. The molecular weight excluding hydrogens is 404 g/mol. The first-order valence-corrected chi connectivity index (χ1v) is 12.1. The van der Waals surface area contributed by atoms with Crippen LogP contribution in [-0.2, 0) is 40.6 Å². The predicted octanol–water partition coefficient (Wildman–Crippen LogP) is 3.32. The van der Waals surface area contributed by atoms with Gasteiger partial charge in [0.1, 0.15) is 0 Å². The van der Waals surface area contributed by atoms with Gasteiger partial charge in [-0.1, -0.05) is 0 Å². The Kier molecular flexibility index (Phi) is 5.96. The molecular formula is C19H25F2N3O2S2. The van der Waals surface area contributed by atoms with Gasteiger partial charge in [-0.25, -0.2) is 8.78 Å². The lowest BCUT2D eigenvalue weighted by atomic mass is 9.82. The minimum absolute atomic E-state index is 0.165. The van der Waals surface area contributed by atoms with Crippen molar-refractivity contribution in [2.45, 2.75) is 44.4 Å². The van der Waals surface area contributed by atoms with Crippen LogP contribution in [0.4, 0.5) is 8.78 Å². The molecule has 0 aromatic carbocycles. The van der Waals surface area contributed by atoms with E-state index in [0.29, 0.717) is 18.9 Å². The monoisotopic (exact) mass is 429 g/mol. The summed E-state index contributed by atoms with van der Waals surface area (Å²) in [5, 5.41) is 4.35. The number of rotatable bonds is 6. The average Bonchev–Trinajstić information content (AvgIpc) is 3.30. The van der Waals surface area contributed by atoms with Crippen LogP contribution in [0.2, 0.25) is 0 Å². The third-order valence-corrected chi connectivity index (χ3v) is 7.57. The van der Waals surface area contributed by atoms with Crippen molar-refractivity contribution in [3.05, 3.63) is 39.3 Å². The first kappa shape index (κ1) is 20.1. The van der Waals surface area contributed by atoms with Gasteiger partial charge in [-0.05, 0) is 24.5 Å². The van der Waals surface area contributed by atoms with Crippen LogP contribution in [-0.4, -0.2) is 50.6 Å². The summed E-state index contributed by atoms with van der Waals surface area (Å²) in [4.78, 5) is 3.60. The number of halogens is 2. The molecule has 28 heavy (non-hydrogen) atoms. The fourth-order valence-electron chi connectivity index (χ4n) is 4.12. The second-order valence-electron chi connectivity index (χ2n) is 7.54. The van der Waals surface area contributed by atoms with E-state index in [1.165, 1.54) is 11.3 Å². The predicted molar refractivity (Wildman–Crippen MR) is 106 cm³/mol. The van der Waals surface area contributed by atoms with Crippen LogP contribution in [0, 0.1) is 0 Å². The van der Waals surface area contributed by atoms with Gasteiger partial charge >= 0.3 is 0 Å². The maximum Gasteiger partial charge on any atom is 0.272 e. The summed E-state index contributed by atoms with van der Waals surface area (Å²) < 4.78 is 45.5. The van der Waals surface area contributed by atoms with Crippen LogP contribution in [0.3, 0.4) is 0 Å². The van der Waals surface area contributed by atoms with Gasteiger partial charge in [0.25, 0.3) is 6.43 Å². The fraction of sp³-hybridized carbons (Fsp3) is 0.632. The van der Waals surface area contributed by atoms with E-state index >= 15 is 0 Å². The zero-order valence-corrected chi connectivity index (χ0v) is 17.5. The molecule has 154 valence electrons. The first-order valence-electron chi connectivity index (χ1n) is 9.54. The number of alkyl halides is 2. The molecule has 0 amide bonds. The molecule has 0 N–H and O–H groups in total. The molecule has 1 fully saturated rings. The van der Waals surface area contributed by atoms with Gasteiger partial charge in [-0.2, -0.15) is 5.10 Å². The number of aryl methyl sites for hydroxylation is 1. The third-order valence-electron chi connectivity index (χ3n) is 5.61. The Labute approximate surface area is 170 Å². The molecule has 4 heterocycles. The Morgan fingerprint density at radius 1 is 1.39 bits per heavy atom. The highest BCUT2D eigenvalue weighted by atomic mass is 32.2. The Morgan fingerprint density at radius 2 is 2.18 bits per heavy atom. The summed E-state index contributed by atoms with van der Waals surface area (Å²) >= 11 is 1.25. The van der Waals surface area contributed by atoms with Crippen molar-refractivity contribution >= 4 is 22.1 Å². The summed E-state index contributed by atoms with van der Waals surface area (Å²) in [5.74, 6) is 0.605. The molecule has 0 radical (unpaired) electrons. The van der Waals surface area contributed by atoms with Gasteiger partial charge in [-0.15, -0.1) is 11.3 Å². The molecule has 9 heteroatoms. The zero-order chi connectivity index (χ0) is 19.7. The number of aromatic nitrogens is 2. The van der Waals surface area contributed by atoms with E-state index in [4.69, 9.17) is 4.74 Å². The molecule has 0 bridgehead atoms. The molecule has 0 aliphatic carbocycles. The maximum atomic E-state index is 13.2. The van der Waals surface area contributed by atoms with Gasteiger partial charge in [0.2, 0.25) is 0 Å². The SMILES string of the molecule is CS(=O)CCn1cc(CN2CCC3(CC2)OCCc2sc(C(F)F)cc23)cn1. The number of hydrogen-bond donors (Lipinski definition) is 0. The van der Waals surface area contributed by atoms with Crippen molar-refractivity contribution in [3.8, 4) is 0 Å². The highest BCUT2D eigenvalue weighted by molar-refractivity contribution is 7.84. The number of piperidine rings is 1. The van der Waals surface area contributed by atoms with E-state index in [1.807, 2.05) is 17.1 Å². The van der Waals surface area contributed by atoms with Crippen LogP contribution in [0.15, 0.2) is 18.5 Å². The normalized spacial score (nSPS) is 20.6. The Bertz CT molecular complexity index is 844. The number of fused-ring (bicyclic) bond motifs is 2. The molecule has 1 saturated heterocycles. The Morgan fingerprint density at radius 3 is 2.89 bits per heavy atom. The lowest BCUT2D eigenvalue weighted by molar-refractivity contribution is -0.0981. The molecule has 0 saturated carbocycles. The van der Waals surface area contributed by atoms with Crippen LogP contribution < -0.4 is 0 Å². The van der Waals surface area contributed by atoms with E-state index in [-0.39, 0.29) is 4.88 Å². The smallest absolute Gasteiger partial charge is 0.272 e. The van der Waals surface area contributed by atoms with Gasteiger partial charge in [0.05, 0.1) is 29.8 Å². The summed E-state index contributed by atoms with van der Waals surface area (Å²) in [6.45, 7) is 3.81. The largest absolute Gasteiger partial charge is 0.370 e. The van der Waals surface area contributed by atoms with E-state index in [9.17, 15) is 13.0 Å². The quantitative estimate of drug-likeness (QED) is 0.707. The topological polar surface area (TPSA) is 47.4 Å². The lowest BCUT2D eigenvalue weighted by Gasteiger charge is -2.44. The molecule has 2 aliphatic rings. The third kappa shape index (κ3) is 4.22. The van der Waals surface area contributed by atoms with Crippen molar-refractivity contribution in [1.29, 1.82) is 0 Å². The molecule has 1 atom stereocenters. The van der Waals surface area contributed by atoms with Crippen LogP contribution in [0.25, 0.3) is 0 Å². The summed E-state index contributed by atoms with van der Waals surface area (Å²) in [6.07, 6.45) is 5.55. The van der Waals surface area contributed by atoms with Crippen molar-refractivity contribution in [3.63, 3.8) is 0 Å². The molecule has 1 spiro atoms. The van der Waals surface area contributed by atoms with Crippen molar-refractivity contribution in [1.82, 2.24) is 14.7 Å². The molecule has 1 unspecified atom stereocenters. The minimum Gasteiger partial charge on any atom is -0.370 e. The number of likely N-dealkylation sites (tertiary alicyclic amines) is 1. The van der Waals surface area contributed by atoms with E-state index in [1.54, 1.807) is 12.3 Å². The minimum atomic E-state index is -2.41. The van der Waals surface area contributed by atoms with Crippen molar-refractivity contribution < 1.29 is 17.7 Å². The highest BCUT2D eigenvalue weighted by Crippen LogP contribution is 2.46. The number of ether oxygens (including phenoxy) is 1.